The van der Waals surface area contributed by atoms with Gasteiger partial charge in [-0.25, -0.2) is 0 Å². The van der Waals surface area contributed by atoms with Gasteiger partial charge < -0.3 is 15.2 Å². The Bertz CT molecular complexity index is 751. The van der Waals surface area contributed by atoms with Crippen molar-refractivity contribution in [3.63, 3.8) is 0 Å². The lowest BCUT2D eigenvalue weighted by Crippen LogP contribution is -2.58. The highest BCUT2D eigenvalue weighted by Gasteiger charge is 2.46. The summed E-state index contributed by atoms with van der Waals surface area (Å²) >= 11 is 0. The first kappa shape index (κ1) is 25.2. The molecule has 2 aliphatic heterocycles. The van der Waals surface area contributed by atoms with Crippen molar-refractivity contribution >= 4 is 30.7 Å². The van der Waals surface area contributed by atoms with Gasteiger partial charge in [0.05, 0.1) is 12.1 Å². The van der Waals surface area contributed by atoms with E-state index in [4.69, 9.17) is 5.73 Å². The van der Waals surface area contributed by atoms with Crippen LogP contribution in [0.4, 0.5) is 13.2 Å². The first-order valence-electron chi connectivity index (χ1n) is 9.97. The Morgan fingerprint density at radius 3 is 2.37 bits per heavy atom. The van der Waals surface area contributed by atoms with Crippen molar-refractivity contribution in [2.24, 2.45) is 11.7 Å². The first-order chi connectivity index (χ1) is 13.2. The molecule has 1 amide bonds. The molecule has 2 fully saturated rings. The second kappa shape index (κ2) is 9.18. The van der Waals surface area contributed by atoms with Gasteiger partial charge in [0.25, 0.3) is 0 Å². The minimum Gasteiger partial charge on any atom is -0.335 e. The summed E-state index contributed by atoms with van der Waals surface area (Å²) in [6, 6.07) is 0.273. The molecule has 1 aromatic heterocycles. The van der Waals surface area contributed by atoms with Crippen LogP contribution in [0.5, 0.6) is 0 Å². The van der Waals surface area contributed by atoms with Gasteiger partial charge in [0.15, 0.2) is 0 Å². The van der Waals surface area contributed by atoms with Crippen molar-refractivity contribution in [2.45, 2.75) is 69.9 Å². The lowest BCUT2D eigenvalue weighted by Gasteiger charge is -2.48. The van der Waals surface area contributed by atoms with E-state index in [-0.39, 0.29) is 48.8 Å². The molecule has 172 valence electrons. The number of likely N-dealkylation sites (tertiary alicyclic amines) is 1. The highest BCUT2D eigenvalue weighted by molar-refractivity contribution is 5.85. The van der Waals surface area contributed by atoms with Gasteiger partial charge in [-0.3, -0.25) is 9.69 Å². The average molecular weight is 473 g/mol. The summed E-state index contributed by atoms with van der Waals surface area (Å²) in [7, 11) is 0. The van der Waals surface area contributed by atoms with Crippen LogP contribution in [-0.2, 0) is 24.1 Å². The summed E-state index contributed by atoms with van der Waals surface area (Å²) in [5.41, 5.74) is 5.85. The Balaban J connectivity index is 0.00000160. The van der Waals surface area contributed by atoms with E-state index in [2.05, 4.69) is 22.0 Å². The van der Waals surface area contributed by atoms with Gasteiger partial charge in [-0.05, 0) is 31.6 Å². The number of carbonyl (C=O) groups excluding carboxylic acids is 1. The van der Waals surface area contributed by atoms with Crippen molar-refractivity contribution < 1.29 is 18.0 Å². The molecule has 1 saturated carbocycles. The fourth-order valence-electron chi connectivity index (χ4n) is 5.13. The Kier molecular flexibility index (Phi) is 7.70. The molecule has 7 nitrogen and oxygen atoms in total. The van der Waals surface area contributed by atoms with E-state index < -0.39 is 12.0 Å². The fraction of sp³-hybridized carbons (Fsp3) is 0.833. The van der Waals surface area contributed by atoms with E-state index in [0.717, 1.165) is 32.2 Å². The van der Waals surface area contributed by atoms with E-state index >= 15 is 0 Å². The normalized spacial score (nSPS) is 29.9. The molecule has 0 spiro atoms. The van der Waals surface area contributed by atoms with E-state index in [9.17, 15) is 18.0 Å². The van der Waals surface area contributed by atoms with E-state index in [0.29, 0.717) is 37.8 Å². The summed E-state index contributed by atoms with van der Waals surface area (Å²) in [4.78, 5) is 16.6. The number of rotatable bonds is 3. The third-order valence-electron chi connectivity index (χ3n) is 6.71. The van der Waals surface area contributed by atoms with E-state index in [1.165, 1.54) is 4.57 Å². The Labute approximate surface area is 186 Å². The summed E-state index contributed by atoms with van der Waals surface area (Å²) in [5, 5.41) is 7.13. The molecule has 1 unspecified atom stereocenters. The van der Waals surface area contributed by atoms with Crippen molar-refractivity contribution in [2.75, 3.05) is 19.6 Å². The summed E-state index contributed by atoms with van der Waals surface area (Å²) in [6.07, 6.45) is -0.439. The second-order valence-electron chi connectivity index (χ2n) is 8.53. The minimum atomic E-state index is -4.47. The number of fused-ring (bicyclic) bond motifs is 1. The summed E-state index contributed by atoms with van der Waals surface area (Å²) < 4.78 is 40.2. The number of nitrogens with zero attached hydrogens (tertiary/aromatic N) is 5. The third kappa shape index (κ3) is 4.42. The highest BCUT2D eigenvalue weighted by atomic mass is 35.5. The van der Waals surface area contributed by atoms with Crippen LogP contribution < -0.4 is 5.73 Å². The smallest absolute Gasteiger partial charge is 0.335 e. The van der Waals surface area contributed by atoms with Crippen molar-refractivity contribution in [3.8, 4) is 0 Å². The van der Waals surface area contributed by atoms with Gasteiger partial charge in [0.2, 0.25) is 11.7 Å². The monoisotopic (exact) mass is 472 g/mol. The van der Waals surface area contributed by atoms with Crippen LogP contribution in [0, 0.1) is 5.92 Å². The number of nitrogens with two attached hydrogens (primary N) is 1. The van der Waals surface area contributed by atoms with Crippen molar-refractivity contribution in [1.29, 1.82) is 0 Å². The Morgan fingerprint density at radius 2 is 1.83 bits per heavy atom. The van der Waals surface area contributed by atoms with E-state index in [1.807, 2.05) is 4.90 Å². The zero-order chi connectivity index (χ0) is 20.1. The maximum absolute atomic E-state index is 13.0. The molecule has 4 rings (SSSR count). The Morgan fingerprint density at radius 1 is 1.17 bits per heavy atom. The molecule has 30 heavy (non-hydrogen) atoms. The maximum atomic E-state index is 13.0. The topological polar surface area (TPSA) is 80.3 Å². The number of alkyl halides is 3. The highest BCUT2D eigenvalue weighted by Crippen LogP contribution is 2.39. The average Bonchev–Trinajstić information content (AvgIpc) is 3.24. The molecule has 3 heterocycles. The summed E-state index contributed by atoms with van der Waals surface area (Å²) in [5.74, 6) is 0.0273. The molecule has 1 atom stereocenters. The predicted octanol–water partition coefficient (Wildman–Crippen LogP) is 2.46. The Hall–Kier alpha value is -1.10. The molecule has 12 heteroatoms. The van der Waals surface area contributed by atoms with E-state index in [1.54, 1.807) is 0 Å². The lowest BCUT2D eigenvalue weighted by atomic mass is 9.77. The molecule has 0 radical (unpaired) electrons. The number of aromatic nitrogens is 3. The first-order valence-corrected chi connectivity index (χ1v) is 9.97. The predicted molar refractivity (Wildman–Crippen MR) is 109 cm³/mol. The molecular weight excluding hydrogens is 444 g/mol. The van der Waals surface area contributed by atoms with Crippen LogP contribution in [-0.4, -0.2) is 61.7 Å². The van der Waals surface area contributed by atoms with Gasteiger partial charge in [-0.1, -0.05) is 6.92 Å². The van der Waals surface area contributed by atoms with Crippen LogP contribution in [0.1, 0.15) is 50.7 Å². The zero-order valence-electron chi connectivity index (χ0n) is 16.9. The van der Waals surface area contributed by atoms with Gasteiger partial charge >= 0.3 is 6.18 Å². The van der Waals surface area contributed by atoms with Crippen LogP contribution >= 0.6 is 24.8 Å². The number of hydrogen-bond acceptors (Lipinski definition) is 5. The number of carbonyl (C=O) groups is 1. The van der Waals surface area contributed by atoms with Gasteiger partial charge in [0.1, 0.15) is 5.82 Å². The molecule has 2 N–H and O–H groups in total. The second-order valence-corrected chi connectivity index (χ2v) is 8.53. The van der Waals surface area contributed by atoms with Gasteiger partial charge in [-0.15, -0.1) is 35.0 Å². The lowest BCUT2D eigenvalue weighted by molar-refractivity contribution is -0.148. The van der Waals surface area contributed by atoms with Crippen molar-refractivity contribution in [1.82, 2.24) is 24.6 Å². The van der Waals surface area contributed by atoms with Gasteiger partial charge in [-0.2, -0.15) is 13.2 Å². The number of amides is 1. The van der Waals surface area contributed by atoms with Crippen LogP contribution in [0.15, 0.2) is 0 Å². The van der Waals surface area contributed by atoms with Crippen LogP contribution in [0.25, 0.3) is 0 Å². The SMILES string of the molecule is CC1CC(=O)N(C2(CN)CCC(N3CCn4c(nnc4C(F)(F)F)C3)CC2)C1.Cl.Cl. The molecule has 3 aliphatic rings. The zero-order valence-corrected chi connectivity index (χ0v) is 18.5. The largest absolute Gasteiger partial charge is 0.451 e. The van der Waals surface area contributed by atoms with Crippen LogP contribution in [0.2, 0.25) is 0 Å². The molecular formula is C18H29Cl2F3N6O. The minimum absolute atomic E-state index is 0. The molecule has 1 saturated heterocycles. The summed E-state index contributed by atoms with van der Waals surface area (Å²) in [6.45, 7) is 4.50. The fourth-order valence-corrected chi connectivity index (χ4v) is 5.13. The van der Waals surface area contributed by atoms with Crippen LogP contribution in [0.3, 0.4) is 0 Å². The standard InChI is InChI=1S/C18H27F3N6O.2ClH/c1-12-8-15(28)27(9-12)17(11-22)4-2-13(3-5-17)25-6-7-26-14(10-25)23-24-16(26)18(19,20)21;;/h12-13H,2-11,22H2,1H3;2*1H. The maximum Gasteiger partial charge on any atom is 0.451 e. The number of halogens is 5. The van der Waals surface area contributed by atoms with Gasteiger partial charge in [0, 0.05) is 38.6 Å². The van der Waals surface area contributed by atoms with Crippen molar-refractivity contribution in [3.05, 3.63) is 11.6 Å². The molecule has 1 aliphatic carbocycles. The molecule has 0 aromatic carbocycles. The molecule has 0 bridgehead atoms. The third-order valence-corrected chi connectivity index (χ3v) is 6.71. The molecule has 1 aromatic rings. The quantitative estimate of drug-likeness (QED) is 0.730. The number of hydrogen-bond donors (Lipinski definition) is 1.